The van der Waals surface area contributed by atoms with Crippen molar-refractivity contribution in [3.63, 3.8) is 0 Å². The van der Waals surface area contributed by atoms with Gasteiger partial charge >= 0.3 is 6.18 Å². The van der Waals surface area contributed by atoms with Gasteiger partial charge in [-0.2, -0.15) is 13.2 Å². The molecule has 9 heteroatoms. The van der Waals surface area contributed by atoms with Crippen molar-refractivity contribution in [2.24, 2.45) is 0 Å². The number of nitrogens with zero attached hydrogens (tertiary/aromatic N) is 5. The molecule has 0 fully saturated rings. The van der Waals surface area contributed by atoms with E-state index in [9.17, 15) is 13.2 Å². The van der Waals surface area contributed by atoms with Gasteiger partial charge in [-0.15, -0.1) is 5.10 Å². The maximum atomic E-state index is 12.7. The number of pyridine rings is 1. The summed E-state index contributed by atoms with van der Waals surface area (Å²) >= 11 is 0. The highest BCUT2D eigenvalue weighted by molar-refractivity contribution is 5.75. The lowest BCUT2D eigenvalue weighted by atomic mass is 10.1. The Bertz CT molecular complexity index is 1060. The first kappa shape index (κ1) is 16.0. The molecule has 4 rings (SSSR count). The molecule has 0 bridgehead atoms. The highest BCUT2D eigenvalue weighted by Crippen LogP contribution is 2.31. The zero-order chi connectivity index (χ0) is 18.1. The molecule has 3 heterocycles. The molecular formula is C17H11F3N6. The number of rotatable bonds is 3. The van der Waals surface area contributed by atoms with Crippen molar-refractivity contribution in [1.29, 1.82) is 0 Å². The maximum absolute atomic E-state index is 12.7. The minimum Gasteiger partial charge on any atom is -0.338 e. The van der Waals surface area contributed by atoms with E-state index >= 15 is 0 Å². The summed E-state index contributed by atoms with van der Waals surface area (Å²) in [7, 11) is 0. The van der Waals surface area contributed by atoms with Crippen LogP contribution >= 0.6 is 0 Å². The molecule has 6 nitrogen and oxygen atoms in total. The fourth-order valence-corrected chi connectivity index (χ4v) is 2.51. The van der Waals surface area contributed by atoms with Crippen molar-refractivity contribution >= 4 is 17.0 Å². The van der Waals surface area contributed by atoms with E-state index in [-0.39, 0.29) is 0 Å². The molecule has 0 amide bonds. The fraction of sp³-hybridized carbons (Fsp3) is 0.0588. The van der Waals surface area contributed by atoms with Crippen LogP contribution in [0.2, 0.25) is 0 Å². The van der Waals surface area contributed by atoms with Crippen LogP contribution in [-0.2, 0) is 6.18 Å². The van der Waals surface area contributed by atoms with Crippen molar-refractivity contribution in [3.8, 4) is 11.3 Å². The summed E-state index contributed by atoms with van der Waals surface area (Å²) in [5, 5.41) is 10.9. The number of nitrogens with one attached hydrogen (secondary N) is 1. The van der Waals surface area contributed by atoms with Gasteiger partial charge < -0.3 is 5.32 Å². The summed E-state index contributed by atoms with van der Waals surface area (Å²) in [6, 6.07) is 10.1. The van der Waals surface area contributed by atoms with E-state index in [0.29, 0.717) is 17.1 Å². The molecule has 3 aromatic heterocycles. The summed E-state index contributed by atoms with van der Waals surface area (Å²) < 4.78 is 39.7. The van der Waals surface area contributed by atoms with Crippen LogP contribution in [0.4, 0.5) is 24.7 Å². The van der Waals surface area contributed by atoms with Crippen molar-refractivity contribution in [2.75, 3.05) is 5.32 Å². The van der Waals surface area contributed by atoms with Crippen molar-refractivity contribution in [2.45, 2.75) is 6.18 Å². The average Bonchev–Trinajstić information content (AvgIpc) is 3.11. The molecule has 1 N–H and O–H groups in total. The SMILES string of the molecule is FC(F)(F)c1ccc(-c2cc(Nc3cccn4nncc34)ncn2)cc1. The molecule has 0 aliphatic rings. The molecule has 0 aliphatic heterocycles. The van der Waals surface area contributed by atoms with Crippen LogP contribution in [0.3, 0.4) is 0 Å². The molecule has 1 aromatic carbocycles. The number of benzene rings is 1. The lowest BCUT2D eigenvalue weighted by Crippen LogP contribution is -2.04. The number of alkyl halides is 3. The van der Waals surface area contributed by atoms with E-state index in [1.807, 2.05) is 12.1 Å². The van der Waals surface area contributed by atoms with E-state index in [1.54, 1.807) is 23.0 Å². The predicted octanol–water partition coefficient (Wildman–Crippen LogP) is 3.95. The number of hydrogen-bond donors (Lipinski definition) is 1. The second-order valence-electron chi connectivity index (χ2n) is 5.47. The first-order valence-electron chi connectivity index (χ1n) is 7.56. The average molecular weight is 356 g/mol. The monoisotopic (exact) mass is 356 g/mol. The largest absolute Gasteiger partial charge is 0.416 e. The first-order chi connectivity index (χ1) is 12.5. The summed E-state index contributed by atoms with van der Waals surface area (Å²) in [4.78, 5) is 8.29. The normalized spacial score (nSPS) is 11.7. The summed E-state index contributed by atoms with van der Waals surface area (Å²) in [5.41, 5.74) is 1.88. The summed E-state index contributed by atoms with van der Waals surface area (Å²) in [6.45, 7) is 0. The second-order valence-corrected chi connectivity index (χ2v) is 5.47. The Hall–Kier alpha value is -3.49. The molecule has 0 saturated carbocycles. The number of anilines is 2. The van der Waals surface area contributed by atoms with E-state index in [1.165, 1.54) is 18.5 Å². The lowest BCUT2D eigenvalue weighted by molar-refractivity contribution is -0.137. The number of hydrogen-bond acceptors (Lipinski definition) is 5. The topological polar surface area (TPSA) is 68.0 Å². The molecule has 26 heavy (non-hydrogen) atoms. The third-order valence-electron chi connectivity index (χ3n) is 3.78. The first-order valence-corrected chi connectivity index (χ1v) is 7.56. The Morgan fingerprint density at radius 1 is 1.00 bits per heavy atom. The summed E-state index contributed by atoms with van der Waals surface area (Å²) in [6.07, 6.45) is 0.362. The highest BCUT2D eigenvalue weighted by Gasteiger charge is 2.30. The lowest BCUT2D eigenvalue weighted by Gasteiger charge is -2.09. The maximum Gasteiger partial charge on any atom is 0.416 e. The molecule has 0 saturated heterocycles. The van der Waals surface area contributed by atoms with E-state index in [2.05, 4.69) is 25.6 Å². The fourth-order valence-electron chi connectivity index (χ4n) is 2.51. The number of halogens is 3. The van der Waals surface area contributed by atoms with Gasteiger partial charge in [0, 0.05) is 17.8 Å². The molecule has 0 radical (unpaired) electrons. The number of fused-ring (bicyclic) bond motifs is 1. The third kappa shape index (κ3) is 3.06. The van der Waals surface area contributed by atoms with Gasteiger partial charge in [0.25, 0.3) is 0 Å². The van der Waals surface area contributed by atoms with Crippen LogP contribution in [0, 0.1) is 0 Å². The zero-order valence-corrected chi connectivity index (χ0v) is 13.1. The molecule has 4 aromatic rings. The minimum atomic E-state index is -4.37. The smallest absolute Gasteiger partial charge is 0.338 e. The van der Waals surface area contributed by atoms with Gasteiger partial charge in [0.05, 0.1) is 23.1 Å². The summed E-state index contributed by atoms with van der Waals surface area (Å²) in [5.74, 6) is 0.504. The van der Waals surface area contributed by atoms with Gasteiger partial charge in [0.1, 0.15) is 17.7 Å². The van der Waals surface area contributed by atoms with Crippen molar-refractivity contribution in [3.05, 3.63) is 66.7 Å². The Labute approximate surface area is 145 Å². The van der Waals surface area contributed by atoms with Crippen LogP contribution in [0.25, 0.3) is 16.8 Å². The van der Waals surface area contributed by atoms with Crippen LogP contribution in [0.1, 0.15) is 5.56 Å². The molecule has 0 unspecified atom stereocenters. The number of aromatic nitrogens is 5. The predicted molar refractivity (Wildman–Crippen MR) is 88.7 cm³/mol. The molecule has 0 atom stereocenters. The Balaban J connectivity index is 1.64. The third-order valence-corrected chi connectivity index (χ3v) is 3.78. The van der Waals surface area contributed by atoms with Gasteiger partial charge in [-0.05, 0) is 24.3 Å². The second kappa shape index (κ2) is 6.10. The molecule has 0 aliphatic carbocycles. The van der Waals surface area contributed by atoms with E-state index < -0.39 is 11.7 Å². The Morgan fingerprint density at radius 2 is 1.81 bits per heavy atom. The minimum absolute atomic E-state index is 0.504. The van der Waals surface area contributed by atoms with Crippen LogP contribution < -0.4 is 5.32 Å². The van der Waals surface area contributed by atoms with E-state index in [0.717, 1.165) is 23.3 Å². The van der Waals surface area contributed by atoms with Gasteiger partial charge in [0.2, 0.25) is 0 Å². The van der Waals surface area contributed by atoms with Crippen molar-refractivity contribution < 1.29 is 13.2 Å². The molecular weight excluding hydrogens is 345 g/mol. The van der Waals surface area contributed by atoms with Gasteiger partial charge in [-0.3, -0.25) is 0 Å². The van der Waals surface area contributed by atoms with Crippen LogP contribution in [0.15, 0.2) is 61.2 Å². The Kier molecular flexibility index (Phi) is 3.76. The van der Waals surface area contributed by atoms with Crippen molar-refractivity contribution in [1.82, 2.24) is 24.8 Å². The van der Waals surface area contributed by atoms with E-state index in [4.69, 9.17) is 0 Å². The van der Waals surface area contributed by atoms with Gasteiger partial charge in [0.15, 0.2) is 0 Å². The van der Waals surface area contributed by atoms with Gasteiger partial charge in [-0.1, -0.05) is 17.3 Å². The Morgan fingerprint density at radius 3 is 2.58 bits per heavy atom. The zero-order valence-electron chi connectivity index (χ0n) is 13.1. The highest BCUT2D eigenvalue weighted by atomic mass is 19.4. The van der Waals surface area contributed by atoms with Gasteiger partial charge in [-0.25, -0.2) is 14.5 Å². The molecule has 130 valence electrons. The van der Waals surface area contributed by atoms with Crippen LogP contribution in [-0.4, -0.2) is 24.8 Å². The standard InChI is InChI=1S/C17H11F3N6/c18-17(19,20)12-5-3-11(4-6-12)14-8-16(22-10-21-14)24-13-2-1-7-26-15(13)9-23-25-26/h1-10H,(H,21,22,24). The van der Waals surface area contributed by atoms with Crippen LogP contribution in [0.5, 0.6) is 0 Å². The molecule has 0 spiro atoms. The quantitative estimate of drug-likeness (QED) is 0.602.